The van der Waals surface area contributed by atoms with Gasteiger partial charge in [0.15, 0.2) is 0 Å². The molecule has 28 heavy (non-hydrogen) atoms. The van der Waals surface area contributed by atoms with Crippen LogP contribution in [0.5, 0.6) is 5.75 Å². The number of hydrogen-bond acceptors (Lipinski definition) is 3. The highest BCUT2D eigenvalue weighted by Gasteiger charge is 2.25. The van der Waals surface area contributed by atoms with E-state index in [0.717, 1.165) is 18.6 Å². The molecule has 0 aliphatic carbocycles. The molecule has 2 aromatic carbocycles. The van der Waals surface area contributed by atoms with Gasteiger partial charge in [-0.2, -0.15) is 0 Å². The van der Waals surface area contributed by atoms with Gasteiger partial charge in [0.2, 0.25) is 0 Å². The minimum atomic E-state index is -0.0461. The first-order valence-corrected chi connectivity index (χ1v) is 9.82. The minimum absolute atomic E-state index is 0.0247. The van der Waals surface area contributed by atoms with E-state index in [2.05, 4.69) is 19.2 Å². The molecule has 1 saturated heterocycles. The number of carbonyl (C=O) groups is 2. The fraction of sp³-hybridized carbons (Fsp3) is 0.391. The molecule has 0 aromatic heterocycles. The Morgan fingerprint density at radius 2 is 1.54 bits per heavy atom. The fourth-order valence-electron chi connectivity index (χ4n) is 3.43. The second kappa shape index (κ2) is 8.91. The van der Waals surface area contributed by atoms with Crippen LogP contribution in [0.4, 0.5) is 0 Å². The first-order valence-electron chi connectivity index (χ1n) is 9.82. The summed E-state index contributed by atoms with van der Waals surface area (Å²) >= 11 is 0. The van der Waals surface area contributed by atoms with E-state index in [1.54, 1.807) is 31.4 Å². The molecular formula is C23H28N2O3. The second-order valence-corrected chi connectivity index (χ2v) is 7.55. The summed E-state index contributed by atoms with van der Waals surface area (Å²) in [7, 11) is 1.61. The number of amides is 2. The van der Waals surface area contributed by atoms with Crippen molar-refractivity contribution in [1.29, 1.82) is 0 Å². The number of nitrogens with zero attached hydrogens (tertiary/aromatic N) is 1. The number of ether oxygens (including phenoxy) is 1. The minimum Gasteiger partial charge on any atom is -0.497 e. The standard InChI is InChI=1S/C23H28N2O3/c1-16(2)17-4-6-18(7-5-17)22(26)24-20-12-14-25(15-13-20)23(27)19-8-10-21(28-3)11-9-19/h4-11,16,20H,12-15H2,1-3H3,(H,24,26). The zero-order valence-electron chi connectivity index (χ0n) is 16.8. The number of piperidine rings is 1. The van der Waals surface area contributed by atoms with E-state index < -0.39 is 0 Å². The van der Waals surface area contributed by atoms with Crippen LogP contribution in [0.2, 0.25) is 0 Å². The van der Waals surface area contributed by atoms with Crippen molar-refractivity contribution in [2.24, 2.45) is 0 Å². The lowest BCUT2D eigenvalue weighted by Gasteiger charge is -2.32. The summed E-state index contributed by atoms with van der Waals surface area (Å²) in [6, 6.07) is 15.0. The smallest absolute Gasteiger partial charge is 0.253 e. The highest BCUT2D eigenvalue weighted by molar-refractivity contribution is 5.95. The van der Waals surface area contributed by atoms with Crippen LogP contribution in [0.3, 0.4) is 0 Å². The normalized spacial score (nSPS) is 14.8. The van der Waals surface area contributed by atoms with Gasteiger partial charge < -0.3 is 15.0 Å². The molecule has 2 amide bonds. The Hall–Kier alpha value is -2.82. The molecule has 1 N–H and O–H groups in total. The molecule has 0 radical (unpaired) electrons. The molecule has 0 unspecified atom stereocenters. The van der Waals surface area contributed by atoms with E-state index in [-0.39, 0.29) is 17.9 Å². The lowest BCUT2D eigenvalue weighted by molar-refractivity contribution is 0.0698. The van der Waals surface area contributed by atoms with Gasteiger partial charge in [0, 0.05) is 30.3 Å². The van der Waals surface area contributed by atoms with Crippen molar-refractivity contribution in [3.05, 3.63) is 65.2 Å². The van der Waals surface area contributed by atoms with Crippen molar-refractivity contribution in [3.63, 3.8) is 0 Å². The Labute approximate surface area is 166 Å². The molecule has 0 atom stereocenters. The molecule has 0 bridgehead atoms. The monoisotopic (exact) mass is 380 g/mol. The molecule has 1 aliphatic rings. The van der Waals surface area contributed by atoms with Gasteiger partial charge >= 0.3 is 0 Å². The summed E-state index contributed by atoms with van der Waals surface area (Å²) in [6.07, 6.45) is 1.52. The van der Waals surface area contributed by atoms with E-state index in [0.29, 0.717) is 30.1 Å². The molecule has 0 spiro atoms. The molecule has 1 aliphatic heterocycles. The molecule has 3 rings (SSSR count). The largest absolute Gasteiger partial charge is 0.497 e. The first kappa shape index (κ1) is 19.9. The summed E-state index contributed by atoms with van der Waals surface area (Å²) in [5.74, 6) is 1.16. The topological polar surface area (TPSA) is 58.6 Å². The fourth-order valence-corrected chi connectivity index (χ4v) is 3.43. The SMILES string of the molecule is COc1ccc(C(=O)N2CCC(NC(=O)c3ccc(C(C)C)cc3)CC2)cc1. The van der Waals surface area contributed by atoms with Crippen LogP contribution >= 0.6 is 0 Å². The average molecular weight is 380 g/mol. The summed E-state index contributed by atoms with van der Waals surface area (Å²) in [4.78, 5) is 27.0. The van der Waals surface area contributed by atoms with Crippen molar-refractivity contribution < 1.29 is 14.3 Å². The van der Waals surface area contributed by atoms with E-state index in [4.69, 9.17) is 4.74 Å². The van der Waals surface area contributed by atoms with Crippen molar-refractivity contribution in [3.8, 4) is 5.75 Å². The molecule has 2 aromatic rings. The Morgan fingerprint density at radius 3 is 2.07 bits per heavy atom. The van der Waals surface area contributed by atoms with Gasteiger partial charge in [-0.25, -0.2) is 0 Å². The predicted molar refractivity (Wildman–Crippen MR) is 110 cm³/mol. The van der Waals surface area contributed by atoms with Gasteiger partial charge in [-0.15, -0.1) is 0 Å². The third-order valence-corrected chi connectivity index (χ3v) is 5.29. The van der Waals surface area contributed by atoms with Crippen LogP contribution < -0.4 is 10.1 Å². The van der Waals surface area contributed by atoms with Crippen molar-refractivity contribution >= 4 is 11.8 Å². The van der Waals surface area contributed by atoms with E-state index >= 15 is 0 Å². The number of nitrogens with one attached hydrogen (secondary N) is 1. The van der Waals surface area contributed by atoms with E-state index in [9.17, 15) is 9.59 Å². The first-order chi connectivity index (χ1) is 13.5. The highest BCUT2D eigenvalue weighted by Crippen LogP contribution is 2.18. The second-order valence-electron chi connectivity index (χ2n) is 7.55. The molecule has 1 fully saturated rings. The van der Waals surface area contributed by atoms with Crippen LogP contribution in [0.1, 0.15) is 58.9 Å². The molecule has 1 heterocycles. The van der Waals surface area contributed by atoms with E-state index in [1.165, 1.54) is 5.56 Å². The lowest BCUT2D eigenvalue weighted by Crippen LogP contribution is -2.46. The molecule has 5 nitrogen and oxygen atoms in total. The van der Waals surface area contributed by atoms with Gasteiger partial charge in [-0.3, -0.25) is 9.59 Å². The summed E-state index contributed by atoms with van der Waals surface area (Å²) in [5, 5.41) is 3.10. The number of carbonyl (C=O) groups excluding carboxylic acids is 2. The van der Waals surface area contributed by atoms with Crippen molar-refractivity contribution in [2.75, 3.05) is 20.2 Å². The third kappa shape index (κ3) is 4.71. The summed E-state index contributed by atoms with van der Waals surface area (Å²) in [5.41, 5.74) is 2.57. The van der Waals surface area contributed by atoms with Crippen LogP contribution in [0.15, 0.2) is 48.5 Å². The number of rotatable bonds is 5. The Balaban J connectivity index is 1.51. The van der Waals surface area contributed by atoms with Gasteiger partial charge in [0.05, 0.1) is 7.11 Å². The Kier molecular flexibility index (Phi) is 6.34. The van der Waals surface area contributed by atoms with Gasteiger partial charge in [-0.1, -0.05) is 26.0 Å². The number of likely N-dealkylation sites (tertiary alicyclic amines) is 1. The third-order valence-electron chi connectivity index (χ3n) is 5.29. The van der Waals surface area contributed by atoms with Gasteiger partial charge in [0.1, 0.15) is 5.75 Å². The Morgan fingerprint density at radius 1 is 0.964 bits per heavy atom. The zero-order valence-corrected chi connectivity index (χ0v) is 16.8. The van der Waals surface area contributed by atoms with Crippen molar-refractivity contribution in [2.45, 2.75) is 38.6 Å². The maximum absolute atomic E-state index is 12.6. The zero-order chi connectivity index (χ0) is 20.1. The van der Waals surface area contributed by atoms with Crippen LogP contribution in [0, 0.1) is 0 Å². The van der Waals surface area contributed by atoms with Crippen LogP contribution in [-0.2, 0) is 0 Å². The van der Waals surface area contributed by atoms with Crippen molar-refractivity contribution in [1.82, 2.24) is 10.2 Å². The van der Waals surface area contributed by atoms with Crippen LogP contribution in [-0.4, -0.2) is 43.0 Å². The molecular weight excluding hydrogens is 352 g/mol. The Bertz CT molecular complexity index is 805. The lowest BCUT2D eigenvalue weighted by atomic mass is 10.0. The number of methoxy groups -OCH3 is 1. The summed E-state index contributed by atoms with van der Waals surface area (Å²) < 4.78 is 5.13. The maximum Gasteiger partial charge on any atom is 0.253 e. The maximum atomic E-state index is 12.6. The quantitative estimate of drug-likeness (QED) is 0.857. The number of benzene rings is 2. The highest BCUT2D eigenvalue weighted by atomic mass is 16.5. The van der Waals surface area contributed by atoms with E-state index in [1.807, 2.05) is 29.2 Å². The predicted octanol–water partition coefficient (Wildman–Crippen LogP) is 3.85. The number of hydrogen-bond donors (Lipinski definition) is 1. The van der Waals surface area contributed by atoms with Gasteiger partial charge in [0.25, 0.3) is 11.8 Å². The summed E-state index contributed by atoms with van der Waals surface area (Å²) in [6.45, 7) is 5.55. The molecule has 0 saturated carbocycles. The molecule has 148 valence electrons. The van der Waals surface area contributed by atoms with Crippen LogP contribution in [0.25, 0.3) is 0 Å². The molecule has 5 heteroatoms. The van der Waals surface area contributed by atoms with Gasteiger partial charge in [-0.05, 0) is 60.7 Å². The average Bonchev–Trinajstić information content (AvgIpc) is 2.74.